The van der Waals surface area contributed by atoms with Crippen LogP contribution in [0, 0.1) is 0 Å². The molecule has 0 unspecified atom stereocenters. The van der Waals surface area contributed by atoms with Crippen LogP contribution in [0.5, 0.6) is 0 Å². The monoisotopic (exact) mass is 550 g/mol. The van der Waals surface area contributed by atoms with Crippen LogP contribution >= 0.6 is 0 Å². The number of ketones is 2. The van der Waals surface area contributed by atoms with Crippen LogP contribution in [0.25, 0.3) is 0 Å². The fourth-order valence-electron chi connectivity index (χ4n) is 0.177. The van der Waals surface area contributed by atoms with Crippen LogP contribution in [0.2, 0.25) is 0 Å². The van der Waals surface area contributed by atoms with Gasteiger partial charge in [0.05, 0.1) is 0 Å². The molecule has 0 aliphatic rings. The Balaban J connectivity index is -0.0000000132. The highest BCUT2D eigenvalue weighted by Gasteiger charge is 1.84. The van der Waals surface area contributed by atoms with Crippen molar-refractivity contribution in [2.45, 2.75) is 153 Å². The molecule has 0 spiro atoms. The molecule has 0 fully saturated rings. The molecule has 1 N–H and O–H groups in total. The van der Waals surface area contributed by atoms with Crippen molar-refractivity contribution in [3.63, 3.8) is 0 Å². The van der Waals surface area contributed by atoms with Crippen LogP contribution in [0.15, 0.2) is 0 Å². The molecule has 0 aliphatic carbocycles. The highest BCUT2D eigenvalue weighted by Crippen LogP contribution is 1.68. The third kappa shape index (κ3) is 7900. The van der Waals surface area contributed by atoms with Gasteiger partial charge in [-0.05, 0) is 41.5 Å². The van der Waals surface area contributed by atoms with E-state index in [0.29, 0.717) is 6.42 Å². The van der Waals surface area contributed by atoms with E-state index in [1.807, 2.05) is 90.0 Å². The zero-order valence-corrected chi connectivity index (χ0v) is 28.3. The number of amides is 1. The zero-order chi connectivity index (χ0) is 32.3. The van der Waals surface area contributed by atoms with Gasteiger partial charge in [0.25, 0.3) is 0 Å². The van der Waals surface area contributed by atoms with Gasteiger partial charge in [-0.15, -0.1) is 0 Å². The van der Waals surface area contributed by atoms with Crippen LogP contribution in [0.4, 0.5) is 0 Å². The lowest BCUT2D eigenvalue weighted by Gasteiger charge is -1.87. The molecule has 0 rings (SSSR count). The van der Waals surface area contributed by atoms with Crippen molar-refractivity contribution in [1.82, 2.24) is 5.32 Å². The summed E-state index contributed by atoms with van der Waals surface area (Å²) in [5.74, 6) is 0.426. The van der Waals surface area contributed by atoms with Crippen molar-refractivity contribution in [3.8, 4) is 0 Å². The lowest BCUT2D eigenvalue weighted by molar-refractivity contribution is -0.120. The van der Waals surface area contributed by atoms with Gasteiger partial charge in [-0.3, -0.25) is 4.79 Å². The van der Waals surface area contributed by atoms with Gasteiger partial charge in [-0.1, -0.05) is 105 Å². The van der Waals surface area contributed by atoms with E-state index in [1.165, 1.54) is 41.5 Å². The second-order valence-electron chi connectivity index (χ2n) is 3.72. The maximum absolute atomic E-state index is 10.1. The number of ether oxygens (including phenoxy) is 1. The minimum atomic E-state index is 0. The van der Waals surface area contributed by atoms with Crippen molar-refractivity contribution < 1.29 is 28.7 Å². The Bertz CT molecular complexity index is 239. The Hall–Kier alpha value is -1.89. The van der Waals surface area contributed by atoms with E-state index in [1.54, 1.807) is 21.3 Å². The summed E-state index contributed by atoms with van der Waals surface area (Å²) in [6, 6.07) is 0. The normalized spacial score (nSPS) is 4.81. The topological polar surface area (TPSA) is 107 Å². The molecule has 0 bridgehead atoms. The summed E-state index contributed by atoms with van der Waals surface area (Å²) in [4.78, 5) is 46.6. The van der Waals surface area contributed by atoms with Crippen molar-refractivity contribution in [3.05, 3.63) is 0 Å². The van der Waals surface area contributed by atoms with Gasteiger partial charge in [0.1, 0.15) is 24.1 Å². The number of carbonyl (C=O) groups is 5. The molecule has 0 aromatic rings. The van der Waals surface area contributed by atoms with Crippen molar-refractivity contribution in [2.75, 3.05) is 21.3 Å². The van der Waals surface area contributed by atoms with Crippen molar-refractivity contribution in [1.29, 1.82) is 0 Å². The smallest absolute Gasteiger partial charge is 0.219 e. The first kappa shape index (κ1) is 91.7. The first-order valence-corrected chi connectivity index (χ1v) is 12.9. The number of rotatable bonds is 1. The number of hydrogen-bond acceptors (Lipinski definition) is 6. The largest absolute Gasteiger partial charge is 0.388 e. The fourth-order valence-corrected chi connectivity index (χ4v) is 0.177. The van der Waals surface area contributed by atoms with E-state index >= 15 is 0 Å². The summed E-state index contributed by atoms with van der Waals surface area (Å²) < 4.78 is 4.25. The van der Waals surface area contributed by atoms with Gasteiger partial charge in [0.2, 0.25) is 5.91 Å². The highest BCUT2D eigenvalue weighted by atomic mass is 16.4. The lowest BCUT2D eigenvalue weighted by atomic mass is 10.5. The van der Waals surface area contributed by atoms with Crippen LogP contribution < -0.4 is 5.32 Å². The molecule has 0 aromatic carbocycles. The molecule has 7 heteroatoms. The Morgan fingerprint density at radius 2 is 0.676 bits per heavy atom. The number of Topliss-reactive ketones (excluding diaryl/α,β-unsaturated/α-hetero) is 2. The standard InChI is InChI=1S/C4H9NO.2C3H6O.C2H6O.2C2H4O.6C2H6.2CH4/c1-3-4(6)5-2;2*1-3(2)4;1-3-2;2*1-2-3;6*1-2;;/h3H2,1-2H3,(H,5,6);2*1-2H3;1-2H3;2*2H,1H3;6*1-2H3;2*1H4. The molecule has 0 aromatic heterocycles. The fraction of sp³-hybridized carbons (Fsp3) is 0.833. The van der Waals surface area contributed by atoms with Gasteiger partial charge in [0.15, 0.2) is 0 Å². The summed E-state index contributed by atoms with van der Waals surface area (Å²) in [5.41, 5.74) is 0. The van der Waals surface area contributed by atoms with E-state index in [4.69, 9.17) is 9.59 Å². The second kappa shape index (κ2) is 255. The summed E-state index contributed by atoms with van der Waals surface area (Å²) in [5, 5.41) is 2.48. The minimum absolute atomic E-state index is 0. The minimum Gasteiger partial charge on any atom is -0.388 e. The molecular weight excluding hydrogens is 470 g/mol. The first-order chi connectivity index (χ1) is 16.5. The van der Waals surface area contributed by atoms with E-state index in [-0.39, 0.29) is 32.3 Å². The zero-order valence-electron chi connectivity index (χ0n) is 28.3. The maximum Gasteiger partial charge on any atom is 0.219 e. The SMILES string of the molecule is C.C.CC.CC.CC.CC.CC.CC.CC(C)=O.CC(C)=O.CC=O.CC=O.CCC(=O)NC.COC. The van der Waals surface area contributed by atoms with Crippen LogP contribution in [-0.4, -0.2) is 51.3 Å². The van der Waals surface area contributed by atoms with Gasteiger partial charge in [-0.2, -0.15) is 0 Å². The number of carbonyl (C=O) groups excluding carboxylic acids is 5. The summed E-state index contributed by atoms with van der Waals surface area (Å²) in [7, 11) is 4.88. The second-order valence-corrected chi connectivity index (χ2v) is 3.72. The van der Waals surface area contributed by atoms with Gasteiger partial charge < -0.3 is 29.2 Å². The average Bonchev–Trinajstić information content (AvgIpc) is 2.87. The number of aldehydes is 2. The molecule has 0 aliphatic heterocycles. The Labute approximate surface area is 238 Å². The summed E-state index contributed by atoms with van der Waals surface area (Å²) in [6.07, 6.45) is 2.08. The number of nitrogens with one attached hydrogen (secondary N) is 1. The van der Waals surface area contributed by atoms with E-state index in [9.17, 15) is 14.4 Å². The van der Waals surface area contributed by atoms with Crippen molar-refractivity contribution >= 4 is 30.0 Å². The van der Waals surface area contributed by atoms with Crippen LogP contribution in [0.1, 0.15) is 153 Å². The molecule has 0 heterocycles. The van der Waals surface area contributed by atoms with Gasteiger partial charge in [-0.25, -0.2) is 0 Å². The van der Waals surface area contributed by atoms with E-state index < -0.39 is 0 Å². The van der Waals surface area contributed by atoms with Crippen LogP contribution in [-0.2, 0) is 28.7 Å². The Morgan fingerprint density at radius 1 is 0.595 bits per heavy atom. The number of hydrogen-bond donors (Lipinski definition) is 1. The quantitative estimate of drug-likeness (QED) is 0.326. The van der Waals surface area contributed by atoms with E-state index in [0.717, 1.165) is 12.6 Å². The number of methoxy groups -OCH3 is 1. The first-order valence-electron chi connectivity index (χ1n) is 12.9. The molecule has 1 amide bonds. The van der Waals surface area contributed by atoms with Gasteiger partial charge >= 0.3 is 0 Å². The predicted molar refractivity (Wildman–Crippen MR) is 175 cm³/mol. The molecular formula is C30H79NO6. The lowest BCUT2D eigenvalue weighted by Crippen LogP contribution is -2.15. The summed E-state index contributed by atoms with van der Waals surface area (Å²) in [6.45, 7) is 34.8. The van der Waals surface area contributed by atoms with E-state index in [2.05, 4.69) is 10.1 Å². The predicted octanol–water partition coefficient (Wildman–Crippen LogP) is 9.44. The Kier molecular flexibility index (Phi) is 632. The molecule has 0 atom stereocenters. The molecule has 0 saturated carbocycles. The molecule has 240 valence electrons. The molecule has 37 heavy (non-hydrogen) atoms. The Morgan fingerprint density at radius 3 is 0.676 bits per heavy atom. The average molecular weight is 550 g/mol. The molecule has 0 radical (unpaired) electrons. The third-order valence-corrected chi connectivity index (χ3v) is 0.600. The summed E-state index contributed by atoms with van der Waals surface area (Å²) >= 11 is 0. The molecule has 7 nitrogen and oxygen atoms in total. The van der Waals surface area contributed by atoms with Gasteiger partial charge in [0, 0.05) is 27.7 Å². The highest BCUT2D eigenvalue weighted by molar-refractivity contribution is 5.75. The van der Waals surface area contributed by atoms with Crippen LogP contribution in [0.3, 0.4) is 0 Å². The maximum atomic E-state index is 10.1. The van der Waals surface area contributed by atoms with Crippen molar-refractivity contribution in [2.24, 2.45) is 0 Å². The third-order valence-electron chi connectivity index (χ3n) is 0.600. The molecule has 0 saturated heterocycles.